The van der Waals surface area contributed by atoms with Crippen molar-refractivity contribution >= 4 is 23.6 Å². The fourth-order valence-electron chi connectivity index (χ4n) is 14.7. The molecule has 0 saturated carbocycles. The molecule has 9 aliphatic rings. The van der Waals surface area contributed by atoms with Gasteiger partial charge in [-0.1, -0.05) is 0 Å². The van der Waals surface area contributed by atoms with Crippen LogP contribution < -0.4 is 21.3 Å². The summed E-state index contributed by atoms with van der Waals surface area (Å²) >= 11 is 0. The average Bonchev–Trinajstić information content (AvgIpc) is 0.983. The van der Waals surface area contributed by atoms with E-state index >= 15 is 0 Å². The summed E-state index contributed by atoms with van der Waals surface area (Å²) < 4.78 is 101. The molecule has 49 nitrogen and oxygen atoms in total. The molecule has 4 amide bonds. The van der Waals surface area contributed by atoms with Crippen molar-refractivity contribution in [2.24, 2.45) is 0 Å². The van der Waals surface area contributed by atoms with Crippen molar-refractivity contribution in [1.82, 2.24) is 21.3 Å². The lowest BCUT2D eigenvalue weighted by molar-refractivity contribution is -0.398. The van der Waals surface area contributed by atoms with Gasteiger partial charge < -0.3 is 224 Å². The Morgan fingerprint density at radius 2 is 0.491 bits per heavy atom. The van der Waals surface area contributed by atoms with Gasteiger partial charge in [-0.15, -0.1) is 0 Å². The Morgan fingerprint density at radius 3 is 0.839 bits per heavy atom. The van der Waals surface area contributed by atoms with Crippen LogP contribution in [0, 0.1) is 0 Å². The molecule has 19 unspecified atom stereocenters. The first-order valence-electron chi connectivity index (χ1n) is 36.0. The highest BCUT2D eigenvalue weighted by Crippen LogP contribution is 2.40. The molecule has 45 atom stereocenters. The first-order chi connectivity index (χ1) is 53.0. The minimum atomic E-state index is -2.55. The van der Waals surface area contributed by atoms with Gasteiger partial charge in [0.05, 0.1) is 71.6 Å². The molecule has 0 spiro atoms. The summed E-state index contributed by atoms with van der Waals surface area (Å²) in [6.45, 7) is -4.12. The van der Waals surface area contributed by atoms with Crippen molar-refractivity contribution in [3.8, 4) is 0 Å². The number of amides is 4. The SMILES string of the molecule is CC(=O)NC1C(O)[C@H](O[C@@H]2OC(CO)[C@H](O)[C@H](O)C2O)[C@H](CO)O[C@H]1OC1[C@@H](OCC2O[C@@H](O[C@@H]3C(CO)O[C@@H](O[C@@H]4C(CO)O[C@@H](C)C(NC(C)=O)[C@H]4O)C(NC(C)=O)[C@H]3O)C(O)[C@@H](O[C@H]3O[C@@H](CO)C(O)C(O)C3O[C@@H]3OC(CO)[C@@H](OC4OC(CO)[C@H](O)[C@H](O)[C@@H]4O)[C@H](O)C3NC(C)=O)[C@@H]2O)OC(CO)[C@@H](O)[C@@H]1O. The molecule has 9 rings (SSSR count). The molecule has 9 heterocycles. The van der Waals surface area contributed by atoms with E-state index in [1.807, 2.05) is 0 Å². The van der Waals surface area contributed by atoms with Crippen LogP contribution in [0.2, 0.25) is 0 Å². The largest absolute Gasteiger partial charge is 0.394 e. The van der Waals surface area contributed by atoms with Gasteiger partial charge in [-0.3, -0.25) is 19.2 Å². The Kier molecular flexibility index (Phi) is 33.2. The second kappa shape index (κ2) is 40.3. The maximum atomic E-state index is 13.0. The van der Waals surface area contributed by atoms with Gasteiger partial charge in [0.2, 0.25) is 23.6 Å². The van der Waals surface area contributed by atoms with Crippen molar-refractivity contribution < 1.29 is 222 Å². The summed E-state index contributed by atoms with van der Waals surface area (Å²) in [5.41, 5.74) is 0. The van der Waals surface area contributed by atoms with E-state index in [0.717, 1.165) is 27.7 Å². The zero-order valence-electron chi connectivity index (χ0n) is 60.7. The normalized spacial score (nSPS) is 48.9. The summed E-state index contributed by atoms with van der Waals surface area (Å²) in [6, 6.07) is -6.90. The van der Waals surface area contributed by atoms with Gasteiger partial charge in [-0.2, -0.15) is 0 Å². The first kappa shape index (κ1) is 92.1. The van der Waals surface area contributed by atoms with Crippen LogP contribution in [-0.4, -0.2) is 482 Å². The maximum absolute atomic E-state index is 13.0. The fourth-order valence-corrected chi connectivity index (χ4v) is 14.7. The smallest absolute Gasteiger partial charge is 0.217 e. The van der Waals surface area contributed by atoms with Crippen molar-refractivity contribution in [2.45, 2.75) is 311 Å². The lowest BCUT2D eigenvalue weighted by atomic mass is 9.92. The van der Waals surface area contributed by atoms with Gasteiger partial charge in [0, 0.05) is 27.7 Å². The fraction of sp³-hybridized carbons (Fsp3) is 0.937. The molecule has 112 heavy (non-hydrogen) atoms. The predicted octanol–water partition coefficient (Wildman–Crippen LogP) is -19.0. The van der Waals surface area contributed by atoms with Crippen LogP contribution in [0.5, 0.6) is 0 Å². The van der Waals surface area contributed by atoms with Crippen molar-refractivity contribution in [3.05, 3.63) is 0 Å². The Labute approximate surface area is 635 Å². The van der Waals surface area contributed by atoms with Gasteiger partial charge >= 0.3 is 0 Å². The summed E-state index contributed by atoms with van der Waals surface area (Å²) in [5, 5.41) is 277. The van der Waals surface area contributed by atoms with E-state index in [1.165, 1.54) is 6.92 Å². The van der Waals surface area contributed by atoms with E-state index in [9.17, 15) is 142 Å². The number of carbonyl (C=O) groups is 4. The van der Waals surface area contributed by atoms with Crippen molar-refractivity contribution in [3.63, 3.8) is 0 Å². The average molecular weight is 1640 g/mol. The molecular formula is C63H106N4O45. The molecule has 0 aromatic carbocycles. The second-order valence-corrected chi connectivity index (χ2v) is 28.5. The van der Waals surface area contributed by atoms with Crippen LogP contribution in [0.25, 0.3) is 0 Å². The summed E-state index contributed by atoms with van der Waals surface area (Å²) in [7, 11) is 0. The van der Waals surface area contributed by atoms with Crippen LogP contribution >= 0.6 is 0 Å². The number of carbonyl (C=O) groups excluding carboxylic acids is 4. The topological polar surface area (TPSA) is 759 Å². The lowest BCUT2D eigenvalue weighted by Crippen LogP contribution is -2.71. The van der Waals surface area contributed by atoms with Crippen LogP contribution in [0.1, 0.15) is 34.6 Å². The number of hydrogen-bond donors (Lipinski definition) is 28. The number of ether oxygens (including phenoxy) is 17. The number of nitrogens with one attached hydrogen (secondary N) is 4. The summed E-state index contributed by atoms with van der Waals surface area (Å²) in [4.78, 5) is 51.1. The Balaban J connectivity index is 1.05. The van der Waals surface area contributed by atoms with Crippen LogP contribution in [0.4, 0.5) is 0 Å². The quantitative estimate of drug-likeness (QED) is 0.0331. The molecule has 0 aromatic heterocycles. The molecule has 0 aromatic rings. The maximum Gasteiger partial charge on any atom is 0.217 e. The standard InChI is InChI=1S/C63H106N4O45/c1-15-29(64-16(2)76)38(85)49(24(10-72)97-15)106-56-30(65-17(3)77)39(86)52(27(13-75)102-56)109-61-48(95)53(110-63-55(45(92)36(83)23(9-71)101-63)112-58-32(67-19(5)79)41(88)51(26(12-74)104-58)108-60-47(94)43(90)34(81)21(7-69)99-60)37(84)28(105-61)14-96-62-54(44(91)35(82)22(8-70)100-62)111-57-31(66-18(4)78)40(87)50(25(11-73)103-57)107-59-46(93)42(89)33(80)20(6-68)98-59/h15,20-63,68-75,80-95H,6-14H2,1-5H3,(H,64,76)(H,65,77)(H,66,78)(H,67,79)/t15-,20?,21?,22?,23-,24?,25-,26?,27?,28?,29?,30?,31?,32?,33-,34-,35+,36?,37+,38+,39+,40?,41+,42-,43-,44-,45?,46?,47-,48?,49+,50+,51+,52+,53-,54?,55?,56-,57-,58-,59-,60?,61-,62-,63+/m0/s1. The lowest BCUT2D eigenvalue weighted by Gasteiger charge is -2.51. The van der Waals surface area contributed by atoms with Gasteiger partial charge in [0.1, 0.15) is 213 Å². The first-order valence-corrected chi connectivity index (χ1v) is 36.0. The Morgan fingerprint density at radius 1 is 0.241 bits per heavy atom. The van der Waals surface area contributed by atoms with Gasteiger partial charge in [0.15, 0.2) is 50.3 Å². The van der Waals surface area contributed by atoms with Gasteiger partial charge in [-0.05, 0) is 6.92 Å². The third kappa shape index (κ3) is 20.2. The van der Waals surface area contributed by atoms with E-state index in [4.69, 9.17) is 80.5 Å². The molecule has 0 aliphatic carbocycles. The molecule has 648 valence electrons. The highest BCUT2D eigenvalue weighted by Gasteiger charge is 2.61. The van der Waals surface area contributed by atoms with E-state index in [0.29, 0.717) is 0 Å². The molecule has 9 fully saturated rings. The van der Waals surface area contributed by atoms with E-state index in [1.54, 1.807) is 0 Å². The van der Waals surface area contributed by atoms with Crippen LogP contribution in [0.3, 0.4) is 0 Å². The minimum Gasteiger partial charge on any atom is -0.394 e. The van der Waals surface area contributed by atoms with E-state index in [2.05, 4.69) is 21.3 Å². The second-order valence-electron chi connectivity index (χ2n) is 28.5. The molecule has 0 radical (unpaired) electrons. The van der Waals surface area contributed by atoms with Crippen LogP contribution in [0.15, 0.2) is 0 Å². The molecule has 49 heteroatoms. The molecular weight excluding hydrogens is 1530 g/mol. The van der Waals surface area contributed by atoms with Crippen LogP contribution in [-0.2, 0) is 99.7 Å². The van der Waals surface area contributed by atoms with Crippen molar-refractivity contribution in [2.75, 3.05) is 59.5 Å². The predicted molar refractivity (Wildman–Crippen MR) is 347 cm³/mol. The molecule has 28 N–H and O–H groups in total. The third-order valence-electron chi connectivity index (χ3n) is 20.6. The van der Waals surface area contributed by atoms with E-state index in [-0.39, 0.29) is 0 Å². The highest BCUT2D eigenvalue weighted by atomic mass is 16.8. The number of hydrogen-bond acceptors (Lipinski definition) is 45. The van der Waals surface area contributed by atoms with Gasteiger partial charge in [0.25, 0.3) is 0 Å². The Hall–Kier alpha value is -3.76. The molecule has 9 aliphatic heterocycles. The van der Waals surface area contributed by atoms with Gasteiger partial charge in [-0.25, -0.2) is 0 Å². The summed E-state index contributed by atoms with van der Waals surface area (Å²) in [5.74, 6) is -3.40. The molecule has 9 saturated heterocycles. The van der Waals surface area contributed by atoms with E-state index < -0.39 is 359 Å². The monoisotopic (exact) mass is 1640 g/mol. The zero-order valence-corrected chi connectivity index (χ0v) is 60.7. The summed E-state index contributed by atoms with van der Waals surface area (Å²) in [6.07, 6.45) is -82.9. The number of aliphatic hydroxyl groups is 24. The third-order valence-corrected chi connectivity index (χ3v) is 20.6. The van der Waals surface area contributed by atoms with Crippen molar-refractivity contribution in [1.29, 1.82) is 0 Å². The number of aliphatic hydroxyl groups excluding tert-OH is 24. The highest BCUT2D eigenvalue weighted by molar-refractivity contribution is 5.74. The minimum absolute atomic E-state index is 0.628. The molecule has 0 bridgehead atoms. The Bertz CT molecular complexity index is 2970. The zero-order chi connectivity index (χ0) is 82.5. The number of rotatable bonds is 29.